The topological polar surface area (TPSA) is 270 Å². The summed E-state index contributed by atoms with van der Waals surface area (Å²) in [6, 6.07) is -6.73. The second-order valence-electron chi connectivity index (χ2n) is 33.4. The van der Waals surface area contributed by atoms with Gasteiger partial charge in [-0.3, -0.25) is 57.6 Å². The van der Waals surface area contributed by atoms with E-state index in [0.29, 0.717) is 26.1 Å². The quantitative estimate of drug-likeness (QED) is 0.0509. The number of nitrogens with one attached hydrogen (secondary N) is 2. The minimum absolute atomic E-state index is 0.0805. The van der Waals surface area contributed by atoms with Gasteiger partial charge < -0.3 is 49.7 Å². The molecular formula is C84H148N8O14. The number of allylic oxidation sites excluding steroid dienone is 2. The lowest BCUT2D eigenvalue weighted by atomic mass is 9.82. The summed E-state index contributed by atoms with van der Waals surface area (Å²) in [5.41, 5.74) is 0. The highest BCUT2D eigenvalue weighted by Crippen LogP contribution is 2.31. The van der Waals surface area contributed by atoms with Gasteiger partial charge in [-0.15, -0.1) is 6.58 Å². The zero-order valence-corrected chi connectivity index (χ0v) is 69.9. The van der Waals surface area contributed by atoms with E-state index in [1.54, 1.807) is 61.5 Å². The first-order valence-corrected chi connectivity index (χ1v) is 40.7. The van der Waals surface area contributed by atoms with E-state index in [1.807, 2.05) is 54.5 Å². The summed E-state index contributed by atoms with van der Waals surface area (Å²) in [7, 11) is 4.49. The molecule has 0 aliphatic carbocycles. The van der Waals surface area contributed by atoms with E-state index in [9.17, 15) is 53.1 Å². The van der Waals surface area contributed by atoms with Gasteiger partial charge in [0.05, 0.1) is 55.5 Å². The van der Waals surface area contributed by atoms with Crippen molar-refractivity contribution < 1.29 is 67.3 Å². The van der Waals surface area contributed by atoms with Gasteiger partial charge in [0.1, 0.15) is 12.1 Å². The maximum atomic E-state index is 15.2. The number of Topliss-reactive ketones (excluding diaryl/α,β-unsaturated/α-hetero) is 5. The van der Waals surface area contributed by atoms with E-state index in [2.05, 4.69) is 40.9 Å². The molecular weight excluding hydrogens is 1340 g/mol. The highest BCUT2D eigenvalue weighted by atomic mass is 16.5. The molecule has 0 saturated carbocycles. The third kappa shape index (κ3) is 33.3. The molecule has 0 unspecified atom stereocenters. The fourth-order valence-corrected chi connectivity index (χ4v) is 15.1. The molecule has 0 spiro atoms. The third-order valence-corrected chi connectivity index (χ3v) is 21.5. The number of ether oxygens (including phenoxy) is 2. The zero-order chi connectivity index (χ0) is 80.2. The fourth-order valence-electron chi connectivity index (χ4n) is 15.1. The zero-order valence-electron chi connectivity index (χ0n) is 69.9. The maximum Gasteiger partial charge on any atom is 0.245 e. The van der Waals surface area contributed by atoms with Crippen LogP contribution in [0.1, 0.15) is 247 Å². The summed E-state index contributed by atoms with van der Waals surface area (Å²) in [4.78, 5) is 172. The van der Waals surface area contributed by atoms with E-state index in [-0.39, 0.29) is 82.3 Å². The van der Waals surface area contributed by atoms with Gasteiger partial charge in [-0.25, -0.2) is 0 Å². The fraction of sp³-hybridized carbons (Fsp3) is 0.821. The maximum absolute atomic E-state index is 15.2. The minimum atomic E-state index is -1.39. The van der Waals surface area contributed by atoms with Crippen LogP contribution in [0.2, 0.25) is 0 Å². The van der Waals surface area contributed by atoms with Crippen molar-refractivity contribution in [2.75, 3.05) is 86.8 Å². The molecule has 3 heterocycles. The number of amides is 6. The molecule has 3 N–H and O–H groups in total. The molecule has 608 valence electrons. The molecule has 106 heavy (non-hydrogen) atoms. The van der Waals surface area contributed by atoms with Crippen molar-refractivity contribution in [1.29, 1.82) is 0 Å². The highest BCUT2D eigenvalue weighted by Gasteiger charge is 2.44. The number of piperidine rings is 1. The second kappa shape index (κ2) is 50.3. The smallest absolute Gasteiger partial charge is 0.245 e. The normalized spacial score (nSPS) is 26.2. The summed E-state index contributed by atoms with van der Waals surface area (Å²) in [6.45, 7) is 45.1. The molecule has 6 amide bonds. The first kappa shape index (κ1) is 96.5. The summed E-state index contributed by atoms with van der Waals surface area (Å²) in [5, 5.41) is 17.6. The first-order valence-electron chi connectivity index (χ1n) is 40.7. The molecule has 13 atom stereocenters. The lowest BCUT2D eigenvalue weighted by Gasteiger charge is -2.37. The average molecular weight is 1490 g/mol. The van der Waals surface area contributed by atoms with Crippen LogP contribution in [0.5, 0.6) is 0 Å². The lowest BCUT2D eigenvalue weighted by Crippen LogP contribution is -2.54. The Morgan fingerprint density at radius 2 is 1.10 bits per heavy atom. The van der Waals surface area contributed by atoms with Crippen LogP contribution in [0, 0.1) is 65.1 Å². The summed E-state index contributed by atoms with van der Waals surface area (Å²) < 4.78 is 11.9. The van der Waals surface area contributed by atoms with Crippen molar-refractivity contribution >= 4 is 64.4 Å². The predicted octanol–water partition coefficient (Wildman–Crippen LogP) is 11.2. The van der Waals surface area contributed by atoms with Crippen LogP contribution in [0.15, 0.2) is 24.8 Å². The van der Waals surface area contributed by atoms with Crippen LogP contribution in [0.4, 0.5) is 0 Å². The average Bonchev–Trinajstić information content (AvgIpc) is 0.825. The van der Waals surface area contributed by atoms with Gasteiger partial charge in [0.15, 0.2) is 28.9 Å². The lowest BCUT2D eigenvalue weighted by molar-refractivity contribution is -0.149. The van der Waals surface area contributed by atoms with Crippen molar-refractivity contribution in [3.8, 4) is 0 Å². The van der Waals surface area contributed by atoms with E-state index >= 15 is 4.79 Å². The number of hydrogen-bond acceptors (Lipinski definition) is 16. The second-order valence-corrected chi connectivity index (χ2v) is 33.4. The van der Waals surface area contributed by atoms with Gasteiger partial charge in [-0.2, -0.15) is 0 Å². The molecule has 0 aromatic carbocycles. The number of likely N-dealkylation sites (tertiary alicyclic amines) is 1. The van der Waals surface area contributed by atoms with E-state index < -0.39 is 167 Å². The molecule has 0 bridgehead atoms. The standard InChI is InChI=1S/C72H123N7O14.C12H25N/c1-21-24-27-49(14)67(86)55-43-62(83)65(48(12)13)77(20)71(90)53(37-44(4)5)41-61(82)58(39-46(8)9)75(18)70(89)51(16)73-68(87)50(15)40-60(81)57(38-45(6)7)76(19)72(91)54(47(10)11)42-63(84)66(52(17)93-34-26-25-31-78-32-35-92-36-33-78)79(30-22-2)64(85)29-28-59(80)56(23-3)74-69(55)88;1-12(2)8-4-7-11-13-9-5-3-6-10-13/h21-22,24,44-58,65-67,86H,2,23,25-43H2,1,3-20H3,(H,73,87)(H,74,88);12H,3-11H2,1-2H3/b24-21+;/t49-,50-,51-,52-,53-,54+,55+,56+,57+,58+,65+,66+,67-;/m1./s1. The van der Waals surface area contributed by atoms with Gasteiger partial charge >= 0.3 is 0 Å². The number of hydrogen-bond donors (Lipinski definition) is 3. The Labute approximate surface area is 640 Å². The molecule has 22 heteroatoms. The van der Waals surface area contributed by atoms with E-state index in [4.69, 9.17) is 9.47 Å². The molecule has 3 aliphatic rings. The van der Waals surface area contributed by atoms with Crippen LogP contribution >= 0.6 is 0 Å². The Bertz CT molecular complexity index is 2760. The molecule has 0 radical (unpaired) electrons. The van der Waals surface area contributed by atoms with Crippen LogP contribution in [-0.4, -0.2) is 234 Å². The van der Waals surface area contributed by atoms with Gasteiger partial charge in [-0.1, -0.05) is 141 Å². The van der Waals surface area contributed by atoms with Gasteiger partial charge in [0, 0.05) is 104 Å². The number of ketones is 5. The van der Waals surface area contributed by atoms with Crippen molar-refractivity contribution in [2.45, 2.75) is 295 Å². The van der Waals surface area contributed by atoms with Crippen LogP contribution in [0.25, 0.3) is 0 Å². The number of rotatable bonds is 27. The van der Waals surface area contributed by atoms with Crippen molar-refractivity contribution in [2.24, 2.45) is 65.1 Å². The number of aliphatic hydroxyl groups is 1. The Morgan fingerprint density at radius 3 is 1.63 bits per heavy atom. The Kier molecular flexibility index (Phi) is 45.8. The molecule has 3 aliphatic heterocycles. The van der Waals surface area contributed by atoms with E-state index in [0.717, 1.165) is 32.0 Å². The molecule has 0 aromatic heterocycles. The number of carbonyl (C=O) groups excluding carboxylic acids is 11. The summed E-state index contributed by atoms with van der Waals surface area (Å²) >= 11 is 0. The SMILES string of the molecule is C=CCN1C(=O)CCC(=O)[C@H](CC)NC(=O)[C@H]([C@H](O)[C@H](C)C/C=C/C)CC(=O)[C@H](C(C)C)N(C)C(=O)[C@H](CC(C)C)CC(=O)[C@H](CC(C)C)N(C)C(=O)[C@@H](C)NC(=O)[C@H](C)CC(=O)[C@H](CC(C)C)N(C)C(=O)[C@H](C(C)C)CC(=O)[C@@H]1[C@@H](C)OCCCCN1CCOCC1.CC(C)CCCCN1CCCCC1. The number of unbranched alkanes of at least 4 members (excludes halogenated alkanes) is 2. The number of likely N-dealkylation sites (N-methyl/N-ethyl adjacent to an activating group) is 3. The molecule has 3 fully saturated rings. The van der Waals surface area contributed by atoms with Crippen molar-refractivity contribution in [3.63, 3.8) is 0 Å². The van der Waals surface area contributed by atoms with Crippen LogP contribution in [0.3, 0.4) is 0 Å². The van der Waals surface area contributed by atoms with Gasteiger partial charge in [0.25, 0.3) is 0 Å². The largest absolute Gasteiger partial charge is 0.392 e. The monoisotopic (exact) mass is 1490 g/mol. The van der Waals surface area contributed by atoms with E-state index in [1.165, 1.54) is 112 Å². The van der Waals surface area contributed by atoms with Crippen LogP contribution in [-0.2, 0) is 62.2 Å². The van der Waals surface area contributed by atoms with Crippen LogP contribution < -0.4 is 10.6 Å². The Hall–Kier alpha value is -5.55. The molecule has 3 saturated heterocycles. The summed E-state index contributed by atoms with van der Waals surface area (Å²) in [6.07, 6.45) is 11.8. The molecule has 22 nitrogen and oxygen atoms in total. The Morgan fingerprint density at radius 1 is 0.566 bits per heavy atom. The van der Waals surface area contributed by atoms with Gasteiger partial charge in [0.2, 0.25) is 35.4 Å². The minimum Gasteiger partial charge on any atom is -0.392 e. The van der Waals surface area contributed by atoms with Crippen molar-refractivity contribution in [3.05, 3.63) is 24.8 Å². The van der Waals surface area contributed by atoms with Crippen molar-refractivity contribution in [1.82, 2.24) is 40.0 Å². The number of carbonyl (C=O) groups is 11. The highest BCUT2D eigenvalue weighted by molar-refractivity contribution is 5.99. The Balaban J connectivity index is 0.00000263. The molecule has 0 aromatic rings. The third-order valence-electron chi connectivity index (χ3n) is 21.5. The first-order chi connectivity index (χ1) is 49.8. The number of morpholine rings is 1. The number of aliphatic hydroxyl groups excluding tert-OH is 1. The predicted molar refractivity (Wildman–Crippen MR) is 421 cm³/mol. The van der Waals surface area contributed by atoms with Gasteiger partial charge in [-0.05, 0) is 153 Å². The summed E-state index contributed by atoms with van der Waals surface area (Å²) in [5.74, 6) is -11.0. The number of nitrogens with zero attached hydrogens (tertiary/aromatic N) is 6. The molecule has 3 rings (SSSR count).